The minimum atomic E-state index is 0.383. The zero-order valence-corrected chi connectivity index (χ0v) is 13.3. The van der Waals surface area contributed by atoms with Crippen molar-refractivity contribution in [1.82, 2.24) is 10.2 Å². The van der Waals surface area contributed by atoms with Crippen molar-refractivity contribution >= 4 is 0 Å². The van der Waals surface area contributed by atoms with Crippen molar-refractivity contribution in [3.05, 3.63) is 29.8 Å². The van der Waals surface area contributed by atoms with E-state index in [0.717, 1.165) is 18.3 Å². The average Bonchev–Trinajstić information content (AvgIpc) is 2.79. The van der Waals surface area contributed by atoms with Crippen LogP contribution in [0.3, 0.4) is 0 Å². The molecule has 3 atom stereocenters. The zero-order valence-electron chi connectivity index (χ0n) is 13.3. The molecule has 21 heavy (non-hydrogen) atoms. The Hall–Kier alpha value is -1.06. The summed E-state index contributed by atoms with van der Waals surface area (Å²) in [5, 5.41) is 3.53. The van der Waals surface area contributed by atoms with Gasteiger partial charge in [0.1, 0.15) is 12.4 Å². The SMILES string of the molecule is CCC1CCCN(C2COc3ccccc3C2NC)CC1. The van der Waals surface area contributed by atoms with E-state index in [1.54, 1.807) is 0 Å². The van der Waals surface area contributed by atoms with Gasteiger partial charge in [0.2, 0.25) is 0 Å². The molecule has 0 amide bonds. The molecule has 0 aliphatic carbocycles. The normalized spacial score (nSPS) is 30.3. The Balaban J connectivity index is 1.76. The number of likely N-dealkylation sites (tertiary alicyclic amines) is 1. The molecule has 0 spiro atoms. The van der Waals surface area contributed by atoms with Crippen molar-refractivity contribution in [3.8, 4) is 5.75 Å². The van der Waals surface area contributed by atoms with Crippen LogP contribution in [-0.4, -0.2) is 37.7 Å². The highest BCUT2D eigenvalue weighted by Crippen LogP contribution is 2.35. The molecule has 116 valence electrons. The summed E-state index contributed by atoms with van der Waals surface area (Å²) in [6.45, 7) is 5.56. The van der Waals surface area contributed by atoms with Crippen LogP contribution >= 0.6 is 0 Å². The van der Waals surface area contributed by atoms with Gasteiger partial charge in [0.15, 0.2) is 0 Å². The monoisotopic (exact) mass is 288 g/mol. The first kappa shape index (κ1) is 14.9. The molecule has 2 aliphatic rings. The summed E-state index contributed by atoms with van der Waals surface area (Å²) in [4.78, 5) is 2.66. The Morgan fingerprint density at radius 1 is 1.24 bits per heavy atom. The Labute approximate surface area is 128 Å². The topological polar surface area (TPSA) is 24.5 Å². The lowest BCUT2D eigenvalue weighted by atomic mass is 9.95. The predicted molar refractivity (Wildman–Crippen MR) is 86.7 cm³/mol. The molecule has 0 saturated carbocycles. The van der Waals surface area contributed by atoms with Crippen LogP contribution in [0, 0.1) is 5.92 Å². The Bertz CT molecular complexity index is 462. The second-order valence-electron chi connectivity index (χ2n) is 6.42. The van der Waals surface area contributed by atoms with Gasteiger partial charge in [-0.15, -0.1) is 0 Å². The van der Waals surface area contributed by atoms with Crippen molar-refractivity contribution in [1.29, 1.82) is 0 Å². The fourth-order valence-corrected chi connectivity index (χ4v) is 3.94. The van der Waals surface area contributed by atoms with Crippen LogP contribution in [0.1, 0.15) is 44.2 Å². The van der Waals surface area contributed by atoms with Gasteiger partial charge in [-0.3, -0.25) is 4.90 Å². The van der Waals surface area contributed by atoms with E-state index in [1.807, 2.05) is 0 Å². The first-order valence-electron chi connectivity index (χ1n) is 8.46. The Morgan fingerprint density at radius 3 is 2.90 bits per heavy atom. The van der Waals surface area contributed by atoms with Crippen LogP contribution in [0.5, 0.6) is 5.75 Å². The minimum Gasteiger partial charge on any atom is -0.492 e. The van der Waals surface area contributed by atoms with E-state index in [0.29, 0.717) is 12.1 Å². The van der Waals surface area contributed by atoms with Gasteiger partial charge in [0, 0.05) is 5.56 Å². The van der Waals surface area contributed by atoms with Crippen LogP contribution in [0.2, 0.25) is 0 Å². The quantitative estimate of drug-likeness (QED) is 0.924. The molecular formula is C18H28N2O. The van der Waals surface area contributed by atoms with E-state index in [4.69, 9.17) is 4.74 Å². The number of likely N-dealkylation sites (N-methyl/N-ethyl adjacent to an activating group) is 1. The number of ether oxygens (including phenoxy) is 1. The van der Waals surface area contributed by atoms with Crippen molar-refractivity contribution in [2.75, 3.05) is 26.7 Å². The molecule has 0 bridgehead atoms. The maximum atomic E-state index is 6.03. The van der Waals surface area contributed by atoms with E-state index in [-0.39, 0.29) is 0 Å². The zero-order chi connectivity index (χ0) is 14.7. The molecule has 1 fully saturated rings. The minimum absolute atomic E-state index is 0.383. The molecule has 2 heterocycles. The summed E-state index contributed by atoms with van der Waals surface area (Å²) >= 11 is 0. The van der Waals surface area contributed by atoms with Crippen LogP contribution < -0.4 is 10.1 Å². The largest absolute Gasteiger partial charge is 0.492 e. The van der Waals surface area contributed by atoms with Crippen LogP contribution in [0.4, 0.5) is 0 Å². The lowest BCUT2D eigenvalue weighted by Crippen LogP contribution is -2.50. The third-order valence-corrected chi connectivity index (χ3v) is 5.29. The molecule has 2 aliphatic heterocycles. The van der Waals surface area contributed by atoms with Gasteiger partial charge in [-0.05, 0) is 51.4 Å². The molecule has 3 nitrogen and oxygen atoms in total. The maximum absolute atomic E-state index is 6.03. The standard InChI is InChI=1S/C18H28N2O/c1-3-14-7-6-11-20(12-10-14)16-13-21-17-9-5-4-8-15(17)18(16)19-2/h4-5,8-9,14,16,18-19H,3,6-7,10-13H2,1-2H3. The fraction of sp³-hybridized carbons (Fsp3) is 0.667. The van der Waals surface area contributed by atoms with Gasteiger partial charge in [-0.25, -0.2) is 0 Å². The number of nitrogens with one attached hydrogen (secondary N) is 1. The molecule has 3 heteroatoms. The van der Waals surface area contributed by atoms with Crippen molar-refractivity contribution in [3.63, 3.8) is 0 Å². The van der Waals surface area contributed by atoms with E-state index >= 15 is 0 Å². The summed E-state index contributed by atoms with van der Waals surface area (Å²) in [5.74, 6) is 1.97. The van der Waals surface area contributed by atoms with Gasteiger partial charge in [0.25, 0.3) is 0 Å². The molecule has 0 aromatic heterocycles. The highest BCUT2D eigenvalue weighted by Gasteiger charge is 2.34. The molecule has 1 N–H and O–H groups in total. The van der Waals surface area contributed by atoms with Crippen LogP contribution in [-0.2, 0) is 0 Å². The van der Waals surface area contributed by atoms with E-state index < -0.39 is 0 Å². The fourth-order valence-electron chi connectivity index (χ4n) is 3.94. The third kappa shape index (κ3) is 3.09. The molecule has 3 unspecified atom stereocenters. The number of rotatable bonds is 3. The molecule has 0 radical (unpaired) electrons. The molecule has 1 aromatic rings. The lowest BCUT2D eigenvalue weighted by Gasteiger charge is -2.40. The van der Waals surface area contributed by atoms with Gasteiger partial charge in [-0.2, -0.15) is 0 Å². The maximum Gasteiger partial charge on any atom is 0.124 e. The van der Waals surface area contributed by atoms with Crippen molar-refractivity contribution in [2.45, 2.75) is 44.7 Å². The van der Waals surface area contributed by atoms with E-state index in [2.05, 4.69) is 48.5 Å². The van der Waals surface area contributed by atoms with Crippen LogP contribution in [0.15, 0.2) is 24.3 Å². The summed E-state index contributed by atoms with van der Waals surface area (Å²) in [7, 11) is 2.08. The molecule has 1 aromatic carbocycles. The first-order valence-corrected chi connectivity index (χ1v) is 8.46. The molecular weight excluding hydrogens is 260 g/mol. The number of hydrogen-bond acceptors (Lipinski definition) is 3. The Morgan fingerprint density at radius 2 is 2.10 bits per heavy atom. The number of fused-ring (bicyclic) bond motifs is 1. The summed E-state index contributed by atoms with van der Waals surface area (Å²) < 4.78 is 6.03. The van der Waals surface area contributed by atoms with Gasteiger partial charge in [-0.1, -0.05) is 31.5 Å². The Kier molecular flexibility index (Phi) is 4.81. The first-order chi connectivity index (χ1) is 10.3. The van der Waals surface area contributed by atoms with Gasteiger partial charge in [0.05, 0.1) is 12.1 Å². The van der Waals surface area contributed by atoms with Gasteiger partial charge >= 0.3 is 0 Å². The smallest absolute Gasteiger partial charge is 0.124 e. The van der Waals surface area contributed by atoms with Crippen molar-refractivity contribution < 1.29 is 4.74 Å². The third-order valence-electron chi connectivity index (χ3n) is 5.29. The van der Waals surface area contributed by atoms with Crippen LogP contribution in [0.25, 0.3) is 0 Å². The number of para-hydroxylation sites is 1. The predicted octanol–water partition coefficient (Wildman–Crippen LogP) is 3.22. The second kappa shape index (κ2) is 6.80. The average molecular weight is 288 g/mol. The molecule has 1 saturated heterocycles. The second-order valence-corrected chi connectivity index (χ2v) is 6.42. The van der Waals surface area contributed by atoms with Crippen molar-refractivity contribution in [2.24, 2.45) is 5.92 Å². The van der Waals surface area contributed by atoms with Gasteiger partial charge < -0.3 is 10.1 Å². The summed E-state index contributed by atoms with van der Waals surface area (Å²) in [6, 6.07) is 9.31. The number of nitrogens with zero attached hydrogens (tertiary/aromatic N) is 1. The summed E-state index contributed by atoms with van der Waals surface area (Å²) in [6.07, 6.45) is 5.38. The highest BCUT2D eigenvalue weighted by atomic mass is 16.5. The van der Waals surface area contributed by atoms with E-state index in [9.17, 15) is 0 Å². The summed E-state index contributed by atoms with van der Waals surface area (Å²) in [5.41, 5.74) is 1.31. The van der Waals surface area contributed by atoms with E-state index in [1.165, 1.54) is 44.3 Å². The number of hydrogen-bond donors (Lipinski definition) is 1. The molecule has 3 rings (SSSR count). The lowest BCUT2D eigenvalue weighted by molar-refractivity contribution is 0.0899. The number of benzene rings is 1. The highest BCUT2D eigenvalue weighted by molar-refractivity contribution is 5.38.